The van der Waals surface area contributed by atoms with Gasteiger partial charge in [-0.1, -0.05) is 29.3 Å². The molecule has 29 heavy (non-hydrogen) atoms. The predicted octanol–water partition coefficient (Wildman–Crippen LogP) is 6.45. The van der Waals surface area contributed by atoms with Crippen LogP contribution in [-0.4, -0.2) is 13.0 Å². The Hall–Kier alpha value is -2.69. The van der Waals surface area contributed by atoms with E-state index in [9.17, 15) is 4.79 Å². The van der Waals surface area contributed by atoms with Crippen molar-refractivity contribution >= 4 is 34.8 Å². The van der Waals surface area contributed by atoms with Crippen LogP contribution >= 0.6 is 23.2 Å². The molecule has 0 aromatic heterocycles. The number of carbonyl (C=O) groups is 1. The molecule has 0 saturated carbocycles. The molecule has 6 heteroatoms. The van der Waals surface area contributed by atoms with Gasteiger partial charge in [0.1, 0.15) is 18.1 Å². The average Bonchev–Trinajstić information content (AvgIpc) is 2.71. The third-order valence-electron chi connectivity index (χ3n) is 4.59. The molecule has 1 amide bonds. The smallest absolute Gasteiger partial charge is 0.255 e. The fourth-order valence-corrected chi connectivity index (χ4v) is 3.12. The summed E-state index contributed by atoms with van der Waals surface area (Å²) in [5.41, 5.74) is 4.03. The number of ether oxygens (including phenoxy) is 2. The van der Waals surface area contributed by atoms with E-state index in [2.05, 4.69) is 12.2 Å². The Bertz CT molecular complexity index is 1050. The third kappa shape index (κ3) is 5.22. The van der Waals surface area contributed by atoms with E-state index in [0.717, 1.165) is 16.9 Å². The number of halogens is 2. The summed E-state index contributed by atoms with van der Waals surface area (Å²) >= 11 is 12.1. The van der Waals surface area contributed by atoms with Gasteiger partial charge < -0.3 is 14.8 Å². The van der Waals surface area contributed by atoms with Crippen molar-refractivity contribution < 1.29 is 14.3 Å². The zero-order valence-electron chi connectivity index (χ0n) is 16.4. The lowest BCUT2D eigenvalue weighted by Gasteiger charge is -2.13. The average molecular weight is 430 g/mol. The van der Waals surface area contributed by atoms with E-state index in [-0.39, 0.29) is 12.5 Å². The minimum Gasteiger partial charge on any atom is -0.496 e. The van der Waals surface area contributed by atoms with E-state index < -0.39 is 0 Å². The quantitative estimate of drug-likeness (QED) is 0.489. The molecule has 0 atom stereocenters. The van der Waals surface area contributed by atoms with Gasteiger partial charge in [0, 0.05) is 16.1 Å². The number of nitrogens with one attached hydrogen (secondary N) is 1. The number of methoxy groups -OCH3 is 1. The minimum atomic E-state index is -0.302. The van der Waals surface area contributed by atoms with Crippen LogP contribution in [-0.2, 0) is 6.61 Å². The summed E-state index contributed by atoms with van der Waals surface area (Å²) in [5.74, 6) is 1.10. The molecule has 0 aliphatic carbocycles. The van der Waals surface area contributed by atoms with Crippen LogP contribution in [0.4, 0.5) is 5.69 Å². The van der Waals surface area contributed by atoms with Gasteiger partial charge in [-0.25, -0.2) is 0 Å². The highest BCUT2D eigenvalue weighted by Crippen LogP contribution is 2.27. The van der Waals surface area contributed by atoms with Gasteiger partial charge in [-0.3, -0.25) is 4.79 Å². The van der Waals surface area contributed by atoms with Gasteiger partial charge in [-0.15, -0.1) is 0 Å². The van der Waals surface area contributed by atoms with Crippen molar-refractivity contribution in [2.24, 2.45) is 0 Å². The number of rotatable bonds is 6. The van der Waals surface area contributed by atoms with Crippen molar-refractivity contribution in [3.63, 3.8) is 0 Å². The van der Waals surface area contributed by atoms with Crippen LogP contribution in [0.2, 0.25) is 10.0 Å². The van der Waals surface area contributed by atoms with Crippen molar-refractivity contribution in [3.8, 4) is 11.5 Å². The molecule has 0 radical (unpaired) electrons. The van der Waals surface area contributed by atoms with Crippen LogP contribution in [0.3, 0.4) is 0 Å². The number of hydrogen-bond acceptors (Lipinski definition) is 3. The van der Waals surface area contributed by atoms with Crippen LogP contribution in [0.15, 0.2) is 54.6 Å². The molecule has 3 rings (SSSR count). The Morgan fingerprint density at radius 2 is 1.76 bits per heavy atom. The summed E-state index contributed by atoms with van der Waals surface area (Å²) in [6.45, 7) is 4.36. The SMILES string of the molecule is COc1ccc(C(=O)Nc2cc(Cl)ccc2Cl)cc1COc1ccc(C)c(C)c1. The summed E-state index contributed by atoms with van der Waals surface area (Å²) < 4.78 is 11.3. The number of anilines is 1. The van der Waals surface area contributed by atoms with Crippen molar-refractivity contribution in [2.45, 2.75) is 20.5 Å². The topological polar surface area (TPSA) is 47.6 Å². The van der Waals surface area contributed by atoms with Crippen LogP contribution < -0.4 is 14.8 Å². The highest BCUT2D eigenvalue weighted by atomic mass is 35.5. The molecular formula is C23H21Cl2NO3. The van der Waals surface area contributed by atoms with E-state index in [4.69, 9.17) is 32.7 Å². The van der Waals surface area contributed by atoms with E-state index in [0.29, 0.717) is 27.0 Å². The maximum atomic E-state index is 12.7. The van der Waals surface area contributed by atoms with Gasteiger partial charge in [-0.2, -0.15) is 0 Å². The zero-order valence-corrected chi connectivity index (χ0v) is 17.9. The first-order chi connectivity index (χ1) is 13.9. The summed E-state index contributed by atoms with van der Waals surface area (Å²) in [5, 5.41) is 3.68. The van der Waals surface area contributed by atoms with Gasteiger partial charge in [-0.05, 0) is 73.5 Å². The number of aryl methyl sites for hydroxylation is 2. The second-order valence-corrected chi connectivity index (χ2v) is 7.48. The normalized spacial score (nSPS) is 10.5. The number of hydrogen-bond donors (Lipinski definition) is 1. The minimum absolute atomic E-state index is 0.269. The Labute approximate surface area is 180 Å². The van der Waals surface area contributed by atoms with E-state index in [1.165, 1.54) is 5.56 Å². The molecule has 0 fully saturated rings. The summed E-state index contributed by atoms with van der Waals surface area (Å²) in [6.07, 6.45) is 0. The monoisotopic (exact) mass is 429 g/mol. The highest BCUT2D eigenvalue weighted by Gasteiger charge is 2.13. The molecule has 0 heterocycles. The van der Waals surface area contributed by atoms with Crippen LogP contribution in [0, 0.1) is 13.8 Å². The Balaban J connectivity index is 1.79. The van der Waals surface area contributed by atoms with Gasteiger partial charge in [0.25, 0.3) is 5.91 Å². The molecule has 0 aliphatic heterocycles. The molecule has 3 aromatic rings. The molecule has 0 aliphatic rings. The molecule has 4 nitrogen and oxygen atoms in total. The molecule has 0 spiro atoms. The van der Waals surface area contributed by atoms with Crippen molar-refractivity contribution in [3.05, 3.63) is 86.9 Å². The summed E-state index contributed by atoms with van der Waals surface area (Å²) in [4.78, 5) is 12.7. The molecule has 1 N–H and O–H groups in total. The van der Waals surface area contributed by atoms with E-state index >= 15 is 0 Å². The molecule has 150 valence electrons. The lowest BCUT2D eigenvalue weighted by Crippen LogP contribution is -2.13. The first-order valence-electron chi connectivity index (χ1n) is 9.00. The van der Waals surface area contributed by atoms with Crippen LogP contribution in [0.1, 0.15) is 27.0 Å². The first-order valence-corrected chi connectivity index (χ1v) is 9.76. The number of carbonyl (C=O) groups excluding carboxylic acids is 1. The third-order valence-corrected chi connectivity index (χ3v) is 5.16. The van der Waals surface area contributed by atoms with Crippen molar-refractivity contribution in [2.75, 3.05) is 12.4 Å². The summed E-state index contributed by atoms with van der Waals surface area (Å²) in [7, 11) is 1.58. The standard InChI is InChI=1S/C23H21Cl2NO3/c1-14-4-7-19(10-15(14)2)29-13-17-11-16(5-9-22(17)28-3)23(27)26-21-12-18(24)6-8-20(21)25/h4-12H,13H2,1-3H3,(H,26,27). The molecule has 0 saturated heterocycles. The van der Waals surface area contributed by atoms with Crippen molar-refractivity contribution in [1.29, 1.82) is 0 Å². The lowest BCUT2D eigenvalue weighted by molar-refractivity contribution is 0.102. The first kappa shape index (κ1) is 21.0. The van der Waals surface area contributed by atoms with Gasteiger partial charge in [0.15, 0.2) is 0 Å². The lowest BCUT2D eigenvalue weighted by atomic mass is 10.1. The Morgan fingerprint density at radius 1 is 0.966 bits per heavy atom. The Morgan fingerprint density at radius 3 is 2.48 bits per heavy atom. The Kier molecular flexibility index (Phi) is 6.68. The van der Waals surface area contributed by atoms with Crippen LogP contribution in [0.5, 0.6) is 11.5 Å². The van der Waals surface area contributed by atoms with Gasteiger partial charge in [0.2, 0.25) is 0 Å². The molecule has 0 bridgehead atoms. The highest BCUT2D eigenvalue weighted by molar-refractivity contribution is 6.35. The molecule has 0 unspecified atom stereocenters. The second-order valence-electron chi connectivity index (χ2n) is 6.64. The van der Waals surface area contributed by atoms with Gasteiger partial charge in [0.05, 0.1) is 17.8 Å². The predicted molar refractivity (Wildman–Crippen MR) is 118 cm³/mol. The zero-order chi connectivity index (χ0) is 21.0. The van der Waals surface area contributed by atoms with Crippen molar-refractivity contribution in [1.82, 2.24) is 0 Å². The van der Waals surface area contributed by atoms with Gasteiger partial charge >= 0.3 is 0 Å². The fourth-order valence-electron chi connectivity index (χ4n) is 2.79. The maximum Gasteiger partial charge on any atom is 0.255 e. The van der Waals surface area contributed by atoms with Crippen LogP contribution in [0.25, 0.3) is 0 Å². The largest absolute Gasteiger partial charge is 0.496 e. The summed E-state index contributed by atoms with van der Waals surface area (Å²) in [6, 6.07) is 16.0. The fraction of sp³-hybridized carbons (Fsp3) is 0.174. The molecular weight excluding hydrogens is 409 g/mol. The van der Waals surface area contributed by atoms with E-state index in [1.807, 2.05) is 25.1 Å². The molecule has 3 aromatic carbocycles. The maximum absolute atomic E-state index is 12.7. The second kappa shape index (κ2) is 9.21. The number of amides is 1. The number of benzene rings is 3. The van der Waals surface area contributed by atoms with E-state index in [1.54, 1.807) is 43.5 Å².